The zero-order valence-corrected chi connectivity index (χ0v) is 18.2. The van der Waals surface area contributed by atoms with Gasteiger partial charge >= 0.3 is 0 Å². The maximum atomic E-state index is 6.31. The van der Waals surface area contributed by atoms with E-state index in [0.29, 0.717) is 11.6 Å². The molecule has 150 valence electrons. The second-order valence-electron chi connectivity index (χ2n) is 8.82. The summed E-state index contributed by atoms with van der Waals surface area (Å²) >= 11 is 0. The molecule has 3 nitrogen and oxygen atoms in total. The van der Waals surface area contributed by atoms with Gasteiger partial charge in [0.15, 0.2) is 0 Å². The van der Waals surface area contributed by atoms with Crippen LogP contribution in [0.3, 0.4) is 0 Å². The van der Waals surface area contributed by atoms with Gasteiger partial charge in [-0.05, 0) is 80.0 Å². The number of nitrogens with zero attached hydrogens (tertiary/aromatic N) is 2. The van der Waals surface area contributed by atoms with Crippen molar-refractivity contribution in [3.05, 3.63) is 71.0 Å². The van der Waals surface area contributed by atoms with Crippen LogP contribution in [0.25, 0.3) is 44.1 Å². The fourth-order valence-electron chi connectivity index (χ4n) is 4.46. The predicted octanol–water partition coefficient (Wildman–Crippen LogP) is 7.32. The number of hydrogen-bond donors (Lipinski definition) is 0. The third-order valence-electron chi connectivity index (χ3n) is 5.70. The number of rotatable bonds is 3. The molecule has 0 bridgehead atoms. The summed E-state index contributed by atoms with van der Waals surface area (Å²) in [4.78, 5) is 9.61. The zero-order valence-electron chi connectivity index (χ0n) is 18.2. The van der Waals surface area contributed by atoms with Crippen LogP contribution in [0, 0.1) is 26.7 Å². The number of furan rings is 1. The van der Waals surface area contributed by atoms with Gasteiger partial charge in [0.25, 0.3) is 0 Å². The predicted molar refractivity (Wildman–Crippen MR) is 125 cm³/mol. The number of pyridine rings is 2. The molecule has 0 spiro atoms. The zero-order chi connectivity index (χ0) is 21.0. The summed E-state index contributed by atoms with van der Waals surface area (Å²) < 4.78 is 6.31. The average Bonchev–Trinajstić information content (AvgIpc) is 3.04. The van der Waals surface area contributed by atoms with Crippen LogP contribution in [0.5, 0.6) is 0 Å². The minimum absolute atomic E-state index is 0.600. The Kier molecular flexibility index (Phi) is 4.35. The molecule has 30 heavy (non-hydrogen) atoms. The molecule has 0 fully saturated rings. The van der Waals surface area contributed by atoms with Gasteiger partial charge in [-0.2, -0.15) is 0 Å². The molecule has 3 heteroatoms. The quantitative estimate of drug-likeness (QED) is 0.322. The van der Waals surface area contributed by atoms with E-state index in [1.807, 2.05) is 13.0 Å². The van der Waals surface area contributed by atoms with Crippen molar-refractivity contribution in [3.8, 4) is 11.3 Å². The smallest absolute Gasteiger partial charge is 0.227 e. The van der Waals surface area contributed by atoms with Crippen LogP contribution in [0.2, 0.25) is 0 Å². The Morgan fingerprint density at radius 2 is 1.63 bits per heavy atom. The SMILES string of the molecule is Cc1cc(-c2nc(C)cc3c(CC(C)C)cccc23)c2oc3nc(C)ccc3c2c1. The molecule has 0 atom stereocenters. The van der Waals surface area contributed by atoms with Gasteiger partial charge < -0.3 is 4.42 Å². The van der Waals surface area contributed by atoms with E-state index in [4.69, 9.17) is 9.40 Å². The summed E-state index contributed by atoms with van der Waals surface area (Å²) in [7, 11) is 0. The van der Waals surface area contributed by atoms with Gasteiger partial charge in [0.05, 0.1) is 5.69 Å². The number of fused-ring (bicyclic) bond motifs is 4. The van der Waals surface area contributed by atoms with Crippen LogP contribution in [0.15, 0.2) is 52.9 Å². The summed E-state index contributed by atoms with van der Waals surface area (Å²) in [6.45, 7) is 10.7. The molecular formula is C27H26N2O. The monoisotopic (exact) mass is 394 g/mol. The molecule has 5 aromatic rings. The van der Waals surface area contributed by atoms with Crippen molar-refractivity contribution in [3.63, 3.8) is 0 Å². The number of aromatic nitrogens is 2. The lowest BCUT2D eigenvalue weighted by molar-refractivity contribution is 0.650. The number of benzene rings is 2. The molecule has 0 radical (unpaired) electrons. The van der Waals surface area contributed by atoms with E-state index in [-0.39, 0.29) is 0 Å². The third kappa shape index (κ3) is 3.06. The van der Waals surface area contributed by atoms with Gasteiger partial charge in [-0.25, -0.2) is 4.98 Å². The number of hydrogen-bond acceptors (Lipinski definition) is 3. The topological polar surface area (TPSA) is 38.9 Å². The van der Waals surface area contributed by atoms with Crippen LogP contribution in [0.4, 0.5) is 0 Å². The number of aryl methyl sites for hydroxylation is 3. The normalized spacial score (nSPS) is 11.9. The van der Waals surface area contributed by atoms with E-state index in [1.54, 1.807) is 0 Å². The largest absolute Gasteiger partial charge is 0.437 e. The Morgan fingerprint density at radius 1 is 0.800 bits per heavy atom. The highest BCUT2D eigenvalue weighted by Gasteiger charge is 2.18. The van der Waals surface area contributed by atoms with Crippen molar-refractivity contribution in [2.24, 2.45) is 5.92 Å². The average molecular weight is 395 g/mol. The van der Waals surface area contributed by atoms with Crippen molar-refractivity contribution in [2.75, 3.05) is 0 Å². The fraction of sp³-hybridized carbons (Fsp3) is 0.259. The Labute approximate surface area is 176 Å². The molecule has 0 aliphatic carbocycles. The second kappa shape index (κ2) is 6.94. The van der Waals surface area contributed by atoms with E-state index in [9.17, 15) is 0 Å². The molecule has 3 heterocycles. The summed E-state index contributed by atoms with van der Waals surface area (Å²) in [5, 5.41) is 4.61. The van der Waals surface area contributed by atoms with Gasteiger partial charge in [-0.1, -0.05) is 32.0 Å². The third-order valence-corrected chi connectivity index (χ3v) is 5.70. The second-order valence-corrected chi connectivity index (χ2v) is 8.82. The molecule has 0 saturated heterocycles. The minimum atomic E-state index is 0.600. The van der Waals surface area contributed by atoms with Crippen LogP contribution < -0.4 is 0 Å². The molecule has 0 amide bonds. The van der Waals surface area contributed by atoms with Crippen molar-refractivity contribution >= 4 is 32.8 Å². The Morgan fingerprint density at radius 3 is 2.43 bits per heavy atom. The van der Waals surface area contributed by atoms with Crippen molar-refractivity contribution in [1.82, 2.24) is 9.97 Å². The molecular weight excluding hydrogens is 368 g/mol. The molecule has 2 aromatic carbocycles. The lowest BCUT2D eigenvalue weighted by Gasteiger charge is -2.14. The molecule has 0 saturated carbocycles. The first-order valence-electron chi connectivity index (χ1n) is 10.6. The van der Waals surface area contributed by atoms with E-state index in [2.05, 4.69) is 75.1 Å². The Bertz CT molecular complexity index is 1430. The molecule has 0 aliphatic heterocycles. The summed E-state index contributed by atoms with van der Waals surface area (Å²) in [5.41, 5.74) is 8.12. The van der Waals surface area contributed by atoms with Crippen LogP contribution in [0.1, 0.15) is 36.4 Å². The molecule has 3 aromatic heterocycles. The van der Waals surface area contributed by atoms with Crippen LogP contribution >= 0.6 is 0 Å². The maximum Gasteiger partial charge on any atom is 0.227 e. The van der Waals surface area contributed by atoms with Crippen molar-refractivity contribution in [1.29, 1.82) is 0 Å². The summed E-state index contributed by atoms with van der Waals surface area (Å²) in [6.07, 6.45) is 1.05. The first-order valence-corrected chi connectivity index (χ1v) is 10.6. The fourth-order valence-corrected chi connectivity index (χ4v) is 4.46. The molecule has 5 rings (SSSR count). The van der Waals surface area contributed by atoms with E-state index < -0.39 is 0 Å². The van der Waals surface area contributed by atoms with Gasteiger partial charge in [0.2, 0.25) is 5.71 Å². The first-order chi connectivity index (χ1) is 14.4. The van der Waals surface area contributed by atoms with Gasteiger partial charge in [0, 0.05) is 33.1 Å². The Hall–Kier alpha value is -3.20. The standard InChI is InChI=1S/C27H26N2O/c1-15(2)11-19-7-6-8-20-22(19)14-18(5)28-25(20)24-13-16(3)12-23-21-10-9-17(4)29-27(21)30-26(23)24/h6-10,12-15H,11H2,1-5H3. The summed E-state index contributed by atoms with van der Waals surface area (Å²) in [5.74, 6) is 0.600. The Balaban J connectivity index is 1.87. The molecule has 0 aliphatic rings. The highest BCUT2D eigenvalue weighted by atomic mass is 16.3. The van der Waals surface area contributed by atoms with Crippen LogP contribution in [-0.2, 0) is 6.42 Å². The van der Waals surface area contributed by atoms with Gasteiger partial charge in [-0.15, -0.1) is 0 Å². The maximum absolute atomic E-state index is 6.31. The van der Waals surface area contributed by atoms with Crippen molar-refractivity contribution in [2.45, 2.75) is 41.0 Å². The van der Waals surface area contributed by atoms with E-state index in [1.165, 1.54) is 21.9 Å². The highest BCUT2D eigenvalue weighted by Crippen LogP contribution is 2.39. The first kappa shape index (κ1) is 18.8. The van der Waals surface area contributed by atoms with Crippen LogP contribution in [-0.4, -0.2) is 9.97 Å². The molecule has 0 unspecified atom stereocenters. The van der Waals surface area contributed by atoms with Gasteiger partial charge in [-0.3, -0.25) is 4.98 Å². The van der Waals surface area contributed by atoms with Gasteiger partial charge in [0.1, 0.15) is 5.58 Å². The van der Waals surface area contributed by atoms with E-state index >= 15 is 0 Å². The summed E-state index contributed by atoms with van der Waals surface area (Å²) in [6, 6.07) is 17.3. The molecule has 0 N–H and O–H groups in total. The van der Waals surface area contributed by atoms with Crippen molar-refractivity contribution < 1.29 is 4.42 Å². The lowest BCUT2D eigenvalue weighted by atomic mass is 9.93. The minimum Gasteiger partial charge on any atom is -0.437 e. The lowest BCUT2D eigenvalue weighted by Crippen LogP contribution is -1.98. The highest BCUT2D eigenvalue weighted by molar-refractivity contribution is 6.11. The van der Waals surface area contributed by atoms with E-state index in [0.717, 1.165) is 45.4 Å².